The minimum Gasteiger partial charge on any atom is -0.369 e. The lowest BCUT2D eigenvalue weighted by molar-refractivity contribution is -0.136. The summed E-state index contributed by atoms with van der Waals surface area (Å²) in [5.74, 6) is -0.560. The monoisotopic (exact) mass is 382 g/mol. The molecular formula is C17H21F3N6O. The molecule has 27 heavy (non-hydrogen) atoms. The van der Waals surface area contributed by atoms with E-state index in [-0.39, 0.29) is 23.3 Å². The van der Waals surface area contributed by atoms with Crippen molar-refractivity contribution in [1.82, 2.24) is 0 Å². The molecule has 1 aromatic carbocycles. The average molecular weight is 382 g/mol. The standard InChI is InChI=1S/C17H21F3N6O/c1-10(27)23-13-6-5-11(9-12(13)17(18,19)20)26-15(22)24-14(21)25-16(26)7-3-2-4-8-16/h5-6,9H,2-4,7-8H2,1H3,(H,23,27)(H4,21,22,24,25). The van der Waals surface area contributed by atoms with Crippen molar-refractivity contribution in [1.29, 1.82) is 0 Å². The van der Waals surface area contributed by atoms with E-state index in [2.05, 4.69) is 15.3 Å². The third-order valence-electron chi connectivity index (χ3n) is 4.73. The van der Waals surface area contributed by atoms with Gasteiger partial charge in [0.2, 0.25) is 17.8 Å². The predicted molar refractivity (Wildman–Crippen MR) is 97.3 cm³/mol. The van der Waals surface area contributed by atoms with Gasteiger partial charge in [-0.25, -0.2) is 4.99 Å². The Labute approximate surface area is 154 Å². The largest absolute Gasteiger partial charge is 0.418 e. The first-order valence-corrected chi connectivity index (χ1v) is 8.61. The first kappa shape index (κ1) is 19.0. The van der Waals surface area contributed by atoms with Crippen molar-refractivity contribution in [3.8, 4) is 0 Å². The molecule has 5 N–H and O–H groups in total. The number of aliphatic imine (C=N–C) groups is 2. The van der Waals surface area contributed by atoms with Crippen LogP contribution in [-0.2, 0) is 11.0 Å². The molecule has 10 heteroatoms. The maximum Gasteiger partial charge on any atom is 0.418 e. The molecule has 7 nitrogen and oxygen atoms in total. The van der Waals surface area contributed by atoms with E-state index < -0.39 is 23.3 Å². The molecule has 146 valence electrons. The van der Waals surface area contributed by atoms with Crippen molar-refractivity contribution in [2.24, 2.45) is 21.5 Å². The van der Waals surface area contributed by atoms with Crippen LogP contribution < -0.4 is 21.7 Å². The first-order chi connectivity index (χ1) is 12.6. The number of hydrogen-bond donors (Lipinski definition) is 3. The Kier molecular flexibility index (Phi) is 4.75. The van der Waals surface area contributed by atoms with Crippen LogP contribution in [0.5, 0.6) is 0 Å². The van der Waals surface area contributed by atoms with Gasteiger partial charge in [0.15, 0.2) is 0 Å². The number of anilines is 2. The molecule has 1 aliphatic heterocycles. The highest BCUT2D eigenvalue weighted by molar-refractivity contribution is 6.05. The van der Waals surface area contributed by atoms with Crippen LogP contribution in [0, 0.1) is 0 Å². The van der Waals surface area contributed by atoms with Gasteiger partial charge in [-0.15, -0.1) is 0 Å². The summed E-state index contributed by atoms with van der Waals surface area (Å²) in [6, 6.07) is 3.64. The van der Waals surface area contributed by atoms with Crippen LogP contribution in [0.25, 0.3) is 0 Å². The zero-order chi connectivity index (χ0) is 19.8. The lowest BCUT2D eigenvalue weighted by Crippen LogP contribution is -2.58. The summed E-state index contributed by atoms with van der Waals surface area (Å²) in [7, 11) is 0. The normalized spacial score (nSPS) is 19.5. The average Bonchev–Trinajstić information content (AvgIpc) is 2.54. The maximum absolute atomic E-state index is 13.6. The van der Waals surface area contributed by atoms with E-state index in [0.717, 1.165) is 32.3 Å². The van der Waals surface area contributed by atoms with E-state index in [1.807, 2.05) is 0 Å². The highest BCUT2D eigenvalue weighted by Crippen LogP contribution is 2.42. The molecule has 1 saturated carbocycles. The van der Waals surface area contributed by atoms with Crippen LogP contribution in [-0.4, -0.2) is 23.5 Å². The van der Waals surface area contributed by atoms with Gasteiger partial charge in [0.1, 0.15) is 5.66 Å². The van der Waals surface area contributed by atoms with Gasteiger partial charge in [-0.1, -0.05) is 6.42 Å². The summed E-state index contributed by atoms with van der Waals surface area (Å²) in [6.07, 6.45) is -0.709. The highest BCUT2D eigenvalue weighted by Gasteiger charge is 2.43. The van der Waals surface area contributed by atoms with Gasteiger partial charge in [0, 0.05) is 12.6 Å². The van der Waals surface area contributed by atoms with Gasteiger partial charge < -0.3 is 16.8 Å². The second-order valence-corrected chi connectivity index (χ2v) is 6.73. The molecule has 0 aromatic heterocycles. The van der Waals surface area contributed by atoms with E-state index in [0.29, 0.717) is 12.8 Å². The van der Waals surface area contributed by atoms with Crippen LogP contribution in [0.2, 0.25) is 0 Å². The van der Waals surface area contributed by atoms with E-state index in [1.165, 1.54) is 17.0 Å². The number of nitrogens with one attached hydrogen (secondary N) is 1. The Bertz CT molecular complexity index is 811. The number of carbonyl (C=O) groups is 1. The fraction of sp³-hybridized carbons (Fsp3) is 0.471. The number of halogens is 3. The third-order valence-corrected chi connectivity index (χ3v) is 4.73. The van der Waals surface area contributed by atoms with E-state index in [1.54, 1.807) is 0 Å². The summed E-state index contributed by atoms with van der Waals surface area (Å²) < 4.78 is 40.7. The predicted octanol–water partition coefficient (Wildman–Crippen LogP) is 2.77. The Morgan fingerprint density at radius 3 is 2.48 bits per heavy atom. The summed E-state index contributed by atoms with van der Waals surface area (Å²) in [6.45, 7) is 1.15. The van der Waals surface area contributed by atoms with Gasteiger partial charge in [-0.3, -0.25) is 9.69 Å². The molecule has 1 aromatic rings. The highest BCUT2D eigenvalue weighted by atomic mass is 19.4. The topological polar surface area (TPSA) is 109 Å². The first-order valence-electron chi connectivity index (χ1n) is 8.61. The summed E-state index contributed by atoms with van der Waals surface area (Å²) in [5, 5.41) is 2.21. The van der Waals surface area contributed by atoms with E-state index in [4.69, 9.17) is 11.5 Å². The third kappa shape index (κ3) is 3.69. The van der Waals surface area contributed by atoms with Crippen molar-refractivity contribution in [3.63, 3.8) is 0 Å². The van der Waals surface area contributed by atoms with E-state index >= 15 is 0 Å². The number of hydrogen-bond acceptors (Lipinski definition) is 6. The fourth-order valence-electron chi connectivity index (χ4n) is 3.70. The second kappa shape index (κ2) is 6.75. The van der Waals surface area contributed by atoms with Crippen molar-refractivity contribution in [3.05, 3.63) is 23.8 Å². The summed E-state index contributed by atoms with van der Waals surface area (Å²) >= 11 is 0. The van der Waals surface area contributed by atoms with Crippen molar-refractivity contribution < 1.29 is 18.0 Å². The Hall–Kier alpha value is -2.78. The molecule has 0 atom stereocenters. The molecule has 1 aliphatic carbocycles. The van der Waals surface area contributed by atoms with E-state index in [9.17, 15) is 18.0 Å². The molecule has 3 rings (SSSR count). The number of benzene rings is 1. The van der Waals surface area contributed by atoms with Crippen LogP contribution in [0.15, 0.2) is 28.2 Å². The molecule has 0 bridgehead atoms. The van der Waals surface area contributed by atoms with Crippen LogP contribution in [0.4, 0.5) is 24.5 Å². The number of nitrogens with zero attached hydrogens (tertiary/aromatic N) is 3. The zero-order valence-electron chi connectivity index (χ0n) is 14.8. The molecule has 1 heterocycles. The Morgan fingerprint density at radius 2 is 1.89 bits per heavy atom. The van der Waals surface area contributed by atoms with Crippen LogP contribution in [0.1, 0.15) is 44.6 Å². The molecule has 2 aliphatic rings. The number of nitrogens with two attached hydrogens (primary N) is 2. The zero-order valence-corrected chi connectivity index (χ0v) is 14.8. The van der Waals surface area contributed by atoms with Crippen LogP contribution >= 0.6 is 0 Å². The van der Waals surface area contributed by atoms with Gasteiger partial charge in [-0.2, -0.15) is 18.2 Å². The molecule has 0 unspecified atom stereocenters. The molecule has 1 fully saturated rings. The Balaban J connectivity index is 2.11. The minimum absolute atomic E-state index is 0.00445. The molecule has 1 spiro atoms. The lowest BCUT2D eigenvalue weighted by Gasteiger charge is -2.45. The number of alkyl halides is 3. The van der Waals surface area contributed by atoms with Gasteiger partial charge in [0.05, 0.1) is 11.3 Å². The number of amides is 1. The Morgan fingerprint density at radius 1 is 1.22 bits per heavy atom. The second-order valence-electron chi connectivity index (χ2n) is 6.73. The fourth-order valence-corrected chi connectivity index (χ4v) is 3.70. The summed E-state index contributed by atoms with van der Waals surface area (Å²) in [4.78, 5) is 21.2. The van der Waals surface area contributed by atoms with Crippen molar-refractivity contribution in [2.75, 3.05) is 10.2 Å². The number of carbonyl (C=O) groups excluding carboxylic acids is 1. The van der Waals surface area contributed by atoms with Gasteiger partial charge >= 0.3 is 6.18 Å². The molecular weight excluding hydrogens is 361 g/mol. The van der Waals surface area contributed by atoms with Crippen molar-refractivity contribution >= 4 is 29.2 Å². The smallest absolute Gasteiger partial charge is 0.369 e. The van der Waals surface area contributed by atoms with Gasteiger partial charge in [0.25, 0.3) is 0 Å². The van der Waals surface area contributed by atoms with Crippen LogP contribution in [0.3, 0.4) is 0 Å². The SMILES string of the molecule is CC(=O)Nc1ccc(N2C(N)=NC(N)=NC23CCCCC3)cc1C(F)(F)F. The number of rotatable bonds is 2. The molecule has 1 amide bonds. The molecule has 0 saturated heterocycles. The van der Waals surface area contributed by atoms with Crippen molar-refractivity contribution in [2.45, 2.75) is 50.9 Å². The minimum atomic E-state index is -4.66. The van der Waals surface area contributed by atoms with Gasteiger partial charge in [-0.05, 0) is 43.9 Å². The lowest BCUT2D eigenvalue weighted by atomic mass is 9.87. The maximum atomic E-state index is 13.6. The number of guanidine groups is 2. The quantitative estimate of drug-likeness (QED) is 0.731. The summed E-state index contributed by atoms with van der Waals surface area (Å²) in [5.41, 5.74) is 9.92. The molecule has 0 radical (unpaired) electrons.